The van der Waals surface area contributed by atoms with Gasteiger partial charge in [0.1, 0.15) is 6.04 Å². The number of hydrogen-bond acceptors (Lipinski definition) is 3. The maximum atomic E-state index is 10.5. The SMILES string of the molecule is CN1C[C@H](N)C[C@H]1C(=O)O.Cl.Cl. The summed E-state index contributed by atoms with van der Waals surface area (Å²) in [6.45, 7) is 0.691. The third-order valence-electron chi connectivity index (χ3n) is 1.87. The predicted molar refractivity (Wildman–Crippen MR) is 51.1 cm³/mol. The maximum Gasteiger partial charge on any atom is 0.320 e. The summed E-state index contributed by atoms with van der Waals surface area (Å²) in [5, 5.41) is 8.60. The highest BCUT2D eigenvalue weighted by molar-refractivity contribution is 5.85. The molecular formula is C6H14Cl2N2O2. The molecule has 0 amide bonds. The van der Waals surface area contributed by atoms with Gasteiger partial charge in [-0.15, -0.1) is 24.8 Å². The van der Waals surface area contributed by atoms with Gasteiger partial charge in [-0.2, -0.15) is 0 Å². The zero-order valence-corrected chi connectivity index (χ0v) is 8.40. The first-order valence-electron chi connectivity index (χ1n) is 3.30. The second kappa shape index (κ2) is 5.59. The molecule has 0 spiro atoms. The van der Waals surface area contributed by atoms with E-state index in [4.69, 9.17) is 10.8 Å². The number of nitrogens with zero attached hydrogens (tertiary/aromatic N) is 1. The summed E-state index contributed by atoms with van der Waals surface area (Å²) in [7, 11) is 1.78. The molecule has 12 heavy (non-hydrogen) atoms. The summed E-state index contributed by atoms with van der Waals surface area (Å²) >= 11 is 0. The fourth-order valence-electron chi connectivity index (χ4n) is 1.33. The van der Waals surface area contributed by atoms with Gasteiger partial charge in [0.15, 0.2) is 0 Å². The van der Waals surface area contributed by atoms with Crippen molar-refractivity contribution >= 4 is 30.8 Å². The van der Waals surface area contributed by atoms with Crippen LogP contribution in [0.25, 0.3) is 0 Å². The fourth-order valence-corrected chi connectivity index (χ4v) is 1.33. The highest BCUT2D eigenvalue weighted by Gasteiger charge is 2.31. The van der Waals surface area contributed by atoms with Gasteiger partial charge in [-0.25, -0.2) is 0 Å². The topological polar surface area (TPSA) is 66.6 Å². The van der Waals surface area contributed by atoms with Gasteiger partial charge in [0.2, 0.25) is 0 Å². The molecule has 1 aliphatic rings. The van der Waals surface area contributed by atoms with Crippen LogP contribution in [0.1, 0.15) is 6.42 Å². The molecule has 1 heterocycles. The van der Waals surface area contributed by atoms with Crippen molar-refractivity contribution in [3.8, 4) is 0 Å². The van der Waals surface area contributed by atoms with Crippen molar-refractivity contribution in [2.24, 2.45) is 5.73 Å². The molecule has 0 aliphatic carbocycles. The van der Waals surface area contributed by atoms with E-state index >= 15 is 0 Å². The molecule has 0 unspecified atom stereocenters. The van der Waals surface area contributed by atoms with E-state index in [1.807, 2.05) is 0 Å². The molecule has 0 radical (unpaired) electrons. The predicted octanol–water partition coefficient (Wildman–Crippen LogP) is -0.0540. The number of likely N-dealkylation sites (tertiary alicyclic amines) is 1. The number of hydrogen-bond donors (Lipinski definition) is 2. The quantitative estimate of drug-likeness (QED) is 0.646. The molecule has 0 saturated carbocycles. The summed E-state index contributed by atoms with van der Waals surface area (Å²) in [5.74, 6) is -0.768. The highest BCUT2D eigenvalue weighted by Crippen LogP contribution is 2.13. The lowest BCUT2D eigenvalue weighted by Gasteiger charge is -2.12. The Hall–Kier alpha value is -0.0300. The first-order chi connectivity index (χ1) is 4.61. The van der Waals surface area contributed by atoms with E-state index < -0.39 is 5.97 Å². The normalized spacial score (nSPS) is 28.8. The van der Waals surface area contributed by atoms with Gasteiger partial charge in [0, 0.05) is 12.6 Å². The van der Waals surface area contributed by atoms with Crippen LogP contribution in [0.2, 0.25) is 0 Å². The lowest BCUT2D eigenvalue weighted by molar-refractivity contribution is -0.141. The Balaban J connectivity index is 0. The van der Waals surface area contributed by atoms with Crippen LogP contribution < -0.4 is 5.73 Å². The molecule has 1 fully saturated rings. The Morgan fingerprint density at radius 3 is 2.25 bits per heavy atom. The molecule has 2 atom stereocenters. The van der Waals surface area contributed by atoms with Crippen LogP contribution in [-0.2, 0) is 4.79 Å². The van der Waals surface area contributed by atoms with E-state index in [2.05, 4.69) is 0 Å². The van der Waals surface area contributed by atoms with Crippen molar-refractivity contribution in [2.75, 3.05) is 13.6 Å². The van der Waals surface area contributed by atoms with Crippen molar-refractivity contribution in [3.05, 3.63) is 0 Å². The average Bonchev–Trinajstić information content (AvgIpc) is 2.10. The number of carbonyl (C=O) groups is 1. The summed E-state index contributed by atoms with van der Waals surface area (Å²) in [6.07, 6.45) is 0.575. The molecule has 4 nitrogen and oxygen atoms in total. The van der Waals surface area contributed by atoms with E-state index in [9.17, 15) is 4.79 Å². The lowest BCUT2D eigenvalue weighted by Crippen LogP contribution is -2.32. The van der Waals surface area contributed by atoms with E-state index in [1.165, 1.54) is 0 Å². The van der Waals surface area contributed by atoms with Gasteiger partial charge in [-0.05, 0) is 13.5 Å². The van der Waals surface area contributed by atoms with Crippen LogP contribution >= 0.6 is 24.8 Å². The van der Waals surface area contributed by atoms with Crippen LogP contribution in [-0.4, -0.2) is 41.7 Å². The molecule has 3 N–H and O–H groups in total. The van der Waals surface area contributed by atoms with Crippen LogP contribution in [0.3, 0.4) is 0 Å². The monoisotopic (exact) mass is 216 g/mol. The summed E-state index contributed by atoms with van der Waals surface area (Å²) in [6, 6.07) is -0.332. The molecule has 0 aromatic heterocycles. The minimum atomic E-state index is -0.768. The van der Waals surface area contributed by atoms with Crippen molar-refractivity contribution in [2.45, 2.75) is 18.5 Å². The largest absolute Gasteiger partial charge is 0.480 e. The van der Waals surface area contributed by atoms with Gasteiger partial charge in [0.25, 0.3) is 0 Å². The lowest BCUT2D eigenvalue weighted by atomic mass is 10.2. The molecule has 0 aromatic carbocycles. The molecule has 74 valence electrons. The van der Waals surface area contributed by atoms with Gasteiger partial charge in [0.05, 0.1) is 0 Å². The zero-order chi connectivity index (χ0) is 7.72. The minimum absolute atomic E-state index is 0. The third kappa shape index (κ3) is 3.15. The first kappa shape index (κ1) is 14.5. The van der Waals surface area contributed by atoms with E-state index in [0.717, 1.165) is 0 Å². The van der Waals surface area contributed by atoms with Gasteiger partial charge in [-0.1, -0.05) is 0 Å². The fraction of sp³-hybridized carbons (Fsp3) is 0.833. The number of rotatable bonds is 1. The van der Waals surface area contributed by atoms with Crippen LogP contribution in [0, 0.1) is 0 Å². The van der Waals surface area contributed by atoms with Crippen LogP contribution in [0.4, 0.5) is 0 Å². The molecule has 1 saturated heterocycles. The Morgan fingerprint density at radius 1 is 1.58 bits per heavy atom. The van der Waals surface area contributed by atoms with Crippen molar-refractivity contribution < 1.29 is 9.90 Å². The van der Waals surface area contributed by atoms with Gasteiger partial charge in [-0.3, -0.25) is 9.69 Å². The number of nitrogens with two attached hydrogens (primary N) is 1. The summed E-state index contributed by atoms with van der Waals surface area (Å²) in [4.78, 5) is 12.2. The van der Waals surface area contributed by atoms with E-state index in [1.54, 1.807) is 11.9 Å². The standard InChI is InChI=1S/C6H12N2O2.2ClH/c1-8-3-4(7)2-5(8)6(9)10;;/h4-5H,2-3,7H2,1H3,(H,9,10);2*1H/t4-,5+;;/m1../s1. The number of carboxylic acids is 1. The molecular weight excluding hydrogens is 203 g/mol. The molecule has 1 aliphatic heterocycles. The van der Waals surface area contributed by atoms with Crippen molar-refractivity contribution in [1.29, 1.82) is 0 Å². The molecule has 6 heteroatoms. The Bertz CT molecular complexity index is 156. The van der Waals surface area contributed by atoms with Gasteiger partial charge < -0.3 is 10.8 Å². The van der Waals surface area contributed by atoms with Crippen molar-refractivity contribution in [1.82, 2.24) is 4.90 Å². The Morgan fingerprint density at radius 2 is 2.08 bits per heavy atom. The number of halogens is 2. The number of carboxylic acid groups (broad SMARTS) is 1. The molecule has 0 bridgehead atoms. The zero-order valence-electron chi connectivity index (χ0n) is 6.77. The van der Waals surface area contributed by atoms with Crippen LogP contribution in [0.15, 0.2) is 0 Å². The van der Waals surface area contributed by atoms with Crippen LogP contribution in [0.5, 0.6) is 0 Å². The summed E-state index contributed by atoms with van der Waals surface area (Å²) < 4.78 is 0. The maximum absolute atomic E-state index is 10.5. The minimum Gasteiger partial charge on any atom is -0.480 e. The Labute approximate surface area is 83.9 Å². The highest BCUT2D eigenvalue weighted by atomic mass is 35.5. The second-order valence-corrected chi connectivity index (χ2v) is 2.79. The number of likely N-dealkylation sites (N-methyl/N-ethyl adjacent to an activating group) is 1. The Kier molecular flexibility index (Phi) is 6.75. The number of aliphatic carboxylic acids is 1. The third-order valence-corrected chi connectivity index (χ3v) is 1.87. The van der Waals surface area contributed by atoms with E-state index in [0.29, 0.717) is 13.0 Å². The van der Waals surface area contributed by atoms with Crippen molar-refractivity contribution in [3.63, 3.8) is 0 Å². The average molecular weight is 217 g/mol. The first-order valence-corrected chi connectivity index (χ1v) is 3.30. The molecule has 1 rings (SSSR count). The van der Waals surface area contributed by atoms with Gasteiger partial charge >= 0.3 is 5.97 Å². The summed E-state index contributed by atoms with van der Waals surface area (Å²) in [5.41, 5.74) is 5.55. The smallest absolute Gasteiger partial charge is 0.320 e. The second-order valence-electron chi connectivity index (χ2n) is 2.79. The molecule has 0 aromatic rings. The van der Waals surface area contributed by atoms with E-state index in [-0.39, 0.29) is 36.9 Å².